The van der Waals surface area contributed by atoms with E-state index in [1.54, 1.807) is 5.38 Å². The highest BCUT2D eigenvalue weighted by molar-refractivity contribution is 7.13. The fourth-order valence-corrected chi connectivity index (χ4v) is 3.26. The van der Waals surface area contributed by atoms with Crippen LogP contribution in [0.2, 0.25) is 0 Å². The number of benzene rings is 2. The number of aromatic nitrogens is 1. The topological polar surface area (TPSA) is 68.7 Å². The molecule has 0 unspecified atom stereocenters. The van der Waals surface area contributed by atoms with Crippen LogP contribution in [0.3, 0.4) is 0 Å². The highest BCUT2D eigenvalue weighted by atomic mass is 32.1. The molecule has 0 fully saturated rings. The summed E-state index contributed by atoms with van der Waals surface area (Å²) in [6, 6.07) is 15.6. The number of carbonyl (C=O) groups is 1. The van der Waals surface area contributed by atoms with Gasteiger partial charge in [0.05, 0.1) is 18.7 Å². The van der Waals surface area contributed by atoms with Gasteiger partial charge in [-0.15, -0.1) is 11.3 Å². The third-order valence-corrected chi connectivity index (χ3v) is 4.55. The zero-order chi connectivity index (χ0) is 18.4. The molecule has 0 atom stereocenters. The maximum absolute atomic E-state index is 10.8. The molecule has 0 spiro atoms. The molecule has 2 aromatic carbocycles. The summed E-state index contributed by atoms with van der Waals surface area (Å²) in [6.07, 6.45) is -0.0763. The lowest BCUT2D eigenvalue weighted by Gasteiger charge is -2.13. The zero-order valence-corrected chi connectivity index (χ0v) is 15.2. The number of aliphatic carboxylic acids is 1. The monoisotopic (exact) mass is 369 g/mol. The molecule has 0 saturated carbocycles. The molecule has 0 amide bonds. The van der Waals surface area contributed by atoms with Crippen LogP contribution in [0.1, 0.15) is 18.2 Å². The van der Waals surface area contributed by atoms with Crippen LogP contribution in [-0.2, 0) is 17.8 Å². The summed E-state index contributed by atoms with van der Waals surface area (Å²) in [5.41, 5.74) is 2.51. The van der Waals surface area contributed by atoms with Crippen LogP contribution in [0.15, 0.2) is 53.9 Å². The smallest absolute Gasteiger partial charge is 0.309 e. The Morgan fingerprint density at radius 3 is 2.65 bits per heavy atom. The lowest BCUT2D eigenvalue weighted by atomic mass is 10.2. The molecule has 3 aromatic rings. The summed E-state index contributed by atoms with van der Waals surface area (Å²) in [6.45, 7) is 2.90. The molecule has 0 saturated heterocycles. The summed E-state index contributed by atoms with van der Waals surface area (Å²) in [7, 11) is 0. The van der Waals surface area contributed by atoms with Gasteiger partial charge in [0.2, 0.25) is 0 Å². The molecule has 134 valence electrons. The van der Waals surface area contributed by atoms with E-state index in [1.165, 1.54) is 11.3 Å². The first kappa shape index (κ1) is 17.9. The molecule has 0 aliphatic carbocycles. The maximum Gasteiger partial charge on any atom is 0.309 e. The van der Waals surface area contributed by atoms with E-state index >= 15 is 0 Å². The van der Waals surface area contributed by atoms with E-state index < -0.39 is 5.97 Å². The van der Waals surface area contributed by atoms with Gasteiger partial charge in [0, 0.05) is 10.9 Å². The van der Waals surface area contributed by atoms with Crippen LogP contribution in [-0.4, -0.2) is 22.7 Å². The molecule has 5 nitrogen and oxygen atoms in total. The standard InChI is InChI=1S/C20H19NO4S/c1-2-24-18-10-15(20-21-16(13-26-20)11-19(22)23)8-9-17(18)25-12-14-6-4-3-5-7-14/h3-10,13H,2,11-12H2,1H3,(H,22,23). The van der Waals surface area contributed by atoms with Gasteiger partial charge in [0.15, 0.2) is 11.5 Å². The van der Waals surface area contributed by atoms with Crippen molar-refractivity contribution in [3.05, 3.63) is 65.2 Å². The Hall–Kier alpha value is -2.86. The number of thiazole rings is 1. The predicted molar refractivity (Wildman–Crippen MR) is 101 cm³/mol. The first-order chi connectivity index (χ1) is 12.7. The van der Waals surface area contributed by atoms with E-state index in [-0.39, 0.29) is 6.42 Å². The van der Waals surface area contributed by atoms with Crippen LogP contribution in [0, 0.1) is 0 Å². The van der Waals surface area contributed by atoms with Gasteiger partial charge >= 0.3 is 5.97 Å². The number of ether oxygens (including phenoxy) is 2. The van der Waals surface area contributed by atoms with Crippen molar-refractivity contribution in [2.45, 2.75) is 20.0 Å². The second kappa shape index (κ2) is 8.49. The van der Waals surface area contributed by atoms with Crippen molar-refractivity contribution < 1.29 is 19.4 Å². The van der Waals surface area contributed by atoms with Gasteiger partial charge in [-0.3, -0.25) is 4.79 Å². The van der Waals surface area contributed by atoms with Gasteiger partial charge in [0.25, 0.3) is 0 Å². The SMILES string of the molecule is CCOc1cc(-c2nc(CC(=O)O)cs2)ccc1OCc1ccccc1. The number of hydrogen-bond acceptors (Lipinski definition) is 5. The predicted octanol–water partition coefficient (Wildman–Crippen LogP) is 4.41. The summed E-state index contributed by atoms with van der Waals surface area (Å²) in [5.74, 6) is 0.430. The normalized spacial score (nSPS) is 10.5. The second-order valence-electron chi connectivity index (χ2n) is 5.58. The highest BCUT2D eigenvalue weighted by Gasteiger charge is 2.12. The minimum Gasteiger partial charge on any atom is -0.490 e. The van der Waals surface area contributed by atoms with Crippen molar-refractivity contribution >= 4 is 17.3 Å². The zero-order valence-electron chi connectivity index (χ0n) is 14.3. The van der Waals surface area contributed by atoms with Crippen molar-refractivity contribution in [3.63, 3.8) is 0 Å². The average molecular weight is 369 g/mol. The Morgan fingerprint density at radius 2 is 1.92 bits per heavy atom. The number of nitrogens with zero attached hydrogens (tertiary/aromatic N) is 1. The van der Waals surface area contributed by atoms with Crippen molar-refractivity contribution in [2.24, 2.45) is 0 Å². The Labute approximate surface area is 155 Å². The summed E-state index contributed by atoms with van der Waals surface area (Å²) in [5, 5.41) is 11.4. The van der Waals surface area contributed by atoms with E-state index in [4.69, 9.17) is 14.6 Å². The Kier molecular flexibility index (Phi) is 5.86. The van der Waals surface area contributed by atoms with Crippen molar-refractivity contribution in [1.82, 2.24) is 4.98 Å². The maximum atomic E-state index is 10.8. The lowest BCUT2D eigenvalue weighted by molar-refractivity contribution is -0.136. The molecule has 1 N–H and O–H groups in total. The van der Waals surface area contributed by atoms with E-state index in [2.05, 4.69) is 4.98 Å². The minimum absolute atomic E-state index is 0.0763. The largest absolute Gasteiger partial charge is 0.490 e. The van der Waals surface area contributed by atoms with Crippen molar-refractivity contribution in [1.29, 1.82) is 0 Å². The molecule has 0 radical (unpaired) electrons. The molecule has 0 aliphatic rings. The van der Waals surface area contributed by atoms with Crippen molar-refractivity contribution in [3.8, 4) is 22.1 Å². The molecular weight excluding hydrogens is 350 g/mol. The van der Waals surface area contributed by atoms with Crippen LogP contribution in [0.25, 0.3) is 10.6 Å². The van der Waals surface area contributed by atoms with Gasteiger partial charge in [-0.2, -0.15) is 0 Å². The second-order valence-corrected chi connectivity index (χ2v) is 6.44. The summed E-state index contributed by atoms with van der Waals surface area (Å²) >= 11 is 1.42. The molecule has 1 aromatic heterocycles. The third-order valence-electron chi connectivity index (χ3n) is 3.61. The van der Waals surface area contributed by atoms with Gasteiger partial charge in [-0.1, -0.05) is 30.3 Å². The molecule has 0 bridgehead atoms. The minimum atomic E-state index is -0.887. The third kappa shape index (κ3) is 4.61. The highest BCUT2D eigenvalue weighted by Crippen LogP contribution is 2.34. The van der Waals surface area contributed by atoms with Gasteiger partial charge in [-0.05, 0) is 30.7 Å². The van der Waals surface area contributed by atoms with Crippen LogP contribution < -0.4 is 9.47 Å². The Balaban J connectivity index is 1.79. The average Bonchev–Trinajstić information content (AvgIpc) is 3.09. The number of carboxylic acid groups (broad SMARTS) is 1. The quantitative estimate of drug-likeness (QED) is 0.637. The lowest BCUT2D eigenvalue weighted by Crippen LogP contribution is -2.00. The molecule has 1 heterocycles. The van der Waals surface area contributed by atoms with E-state index in [1.807, 2.05) is 55.5 Å². The number of rotatable bonds is 8. The van der Waals surface area contributed by atoms with E-state index in [0.29, 0.717) is 30.4 Å². The van der Waals surface area contributed by atoms with Gasteiger partial charge < -0.3 is 14.6 Å². The van der Waals surface area contributed by atoms with Crippen molar-refractivity contribution in [2.75, 3.05) is 6.61 Å². The van der Waals surface area contributed by atoms with Gasteiger partial charge in [0.1, 0.15) is 11.6 Å². The molecule has 26 heavy (non-hydrogen) atoms. The van der Waals surface area contributed by atoms with E-state index in [9.17, 15) is 4.79 Å². The fraction of sp³-hybridized carbons (Fsp3) is 0.200. The Bertz CT molecular complexity index is 877. The summed E-state index contributed by atoms with van der Waals surface area (Å²) < 4.78 is 11.6. The molecule has 0 aliphatic heterocycles. The summed E-state index contributed by atoms with van der Waals surface area (Å²) in [4.78, 5) is 15.2. The van der Waals surface area contributed by atoms with Crippen LogP contribution in [0.5, 0.6) is 11.5 Å². The Morgan fingerprint density at radius 1 is 1.12 bits per heavy atom. The first-order valence-electron chi connectivity index (χ1n) is 8.26. The molecule has 6 heteroatoms. The molecular formula is C20H19NO4S. The number of carboxylic acids is 1. The van der Waals surface area contributed by atoms with E-state index in [0.717, 1.165) is 16.1 Å². The fourth-order valence-electron chi connectivity index (χ4n) is 2.44. The first-order valence-corrected chi connectivity index (χ1v) is 9.14. The van der Waals surface area contributed by atoms with Gasteiger partial charge in [-0.25, -0.2) is 4.98 Å². The number of hydrogen-bond donors (Lipinski definition) is 1. The molecule has 3 rings (SSSR count). The van der Waals surface area contributed by atoms with Crippen LogP contribution in [0.4, 0.5) is 0 Å². The van der Waals surface area contributed by atoms with Crippen LogP contribution >= 0.6 is 11.3 Å².